The zero-order valence-electron chi connectivity index (χ0n) is 12.2. The number of esters is 1. The van der Waals surface area contributed by atoms with Crippen LogP contribution in [-0.4, -0.2) is 25.7 Å². The minimum atomic E-state index is -0.398. The van der Waals surface area contributed by atoms with E-state index in [9.17, 15) is 4.79 Å². The molecule has 0 saturated heterocycles. The lowest BCUT2D eigenvalue weighted by atomic mass is 10.1. The quantitative estimate of drug-likeness (QED) is 0.748. The van der Waals surface area contributed by atoms with Gasteiger partial charge in [0, 0.05) is 6.04 Å². The second-order valence-corrected chi connectivity index (χ2v) is 4.87. The van der Waals surface area contributed by atoms with E-state index >= 15 is 0 Å². The second-order valence-electron chi connectivity index (χ2n) is 4.46. The molecule has 5 heteroatoms. The van der Waals surface area contributed by atoms with E-state index in [4.69, 9.17) is 21.1 Å². The van der Waals surface area contributed by atoms with Crippen LogP contribution in [0.25, 0.3) is 0 Å². The van der Waals surface area contributed by atoms with Gasteiger partial charge >= 0.3 is 5.97 Å². The number of ether oxygens (including phenoxy) is 2. The van der Waals surface area contributed by atoms with E-state index in [1.54, 1.807) is 13.0 Å². The van der Waals surface area contributed by atoms with Crippen molar-refractivity contribution >= 4 is 17.6 Å². The number of hydrogen-bond donors (Lipinski definition) is 1. The molecule has 0 spiro atoms. The first kappa shape index (κ1) is 16.8. The van der Waals surface area contributed by atoms with Crippen LogP contribution < -0.4 is 10.1 Å². The smallest absolute Gasteiger partial charge is 0.344 e. The highest BCUT2D eigenvalue weighted by Gasteiger charge is 2.10. The molecule has 1 aromatic rings. The molecule has 0 fully saturated rings. The van der Waals surface area contributed by atoms with Crippen LogP contribution in [0.2, 0.25) is 5.02 Å². The van der Waals surface area contributed by atoms with Crippen molar-refractivity contribution < 1.29 is 14.3 Å². The Labute approximate surface area is 125 Å². The number of benzene rings is 1. The molecular formula is C15H22ClNO3. The van der Waals surface area contributed by atoms with Gasteiger partial charge in [0.25, 0.3) is 0 Å². The average Bonchev–Trinajstić information content (AvgIpc) is 2.43. The molecule has 0 aliphatic rings. The maximum Gasteiger partial charge on any atom is 0.344 e. The number of hydrogen-bond acceptors (Lipinski definition) is 4. The largest absolute Gasteiger partial charge is 0.480 e. The van der Waals surface area contributed by atoms with Crippen molar-refractivity contribution in [1.29, 1.82) is 0 Å². The molecule has 1 N–H and O–H groups in total. The molecule has 0 heterocycles. The van der Waals surface area contributed by atoms with Gasteiger partial charge in [-0.3, -0.25) is 0 Å². The summed E-state index contributed by atoms with van der Waals surface area (Å²) >= 11 is 6.16. The molecule has 1 aromatic carbocycles. The molecule has 0 radical (unpaired) electrons. The molecule has 0 aliphatic carbocycles. The Balaban J connectivity index is 2.61. The SMILES string of the molecule is CCCNC(C)c1ccc(OCC(=O)OCC)c(Cl)c1. The third kappa shape index (κ3) is 5.39. The van der Waals surface area contributed by atoms with Gasteiger partial charge in [0.15, 0.2) is 6.61 Å². The lowest BCUT2D eigenvalue weighted by Gasteiger charge is -2.15. The summed E-state index contributed by atoms with van der Waals surface area (Å²) in [5.74, 6) is 0.0942. The molecule has 0 bridgehead atoms. The van der Waals surface area contributed by atoms with Crippen LogP contribution in [0.4, 0.5) is 0 Å². The summed E-state index contributed by atoms with van der Waals surface area (Å²) in [5.41, 5.74) is 1.09. The number of nitrogens with one attached hydrogen (secondary N) is 1. The zero-order valence-corrected chi connectivity index (χ0v) is 13.0. The summed E-state index contributed by atoms with van der Waals surface area (Å²) in [6.07, 6.45) is 1.08. The summed E-state index contributed by atoms with van der Waals surface area (Å²) in [4.78, 5) is 11.2. The first-order valence-electron chi connectivity index (χ1n) is 6.89. The summed E-state index contributed by atoms with van der Waals surface area (Å²) in [6.45, 7) is 7.13. The monoisotopic (exact) mass is 299 g/mol. The van der Waals surface area contributed by atoms with Gasteiger partial charge in [-0.15, -0.1) is 0 Å². The Bertz CT molecular complexity index is 437. The lowest BCUT2D eigenvalue weighted by molar-refractivity contribution is -0.145. The van der Waals surface area contributed by atoms with Gasteiger partial charge < -0.3 is 14.8 Å². The van der Waals surface area contributed by atoms with Gasteiger partial charge in [-0.05, 0) is 44.5 Å². The molecule has 20 heavy (non-hydrogen) atoms. The van der Waals surface area contributed by atoms with E-state index in [0.717, 1.165) is 18.5 Å². The molecule has 0 aliphatic heterocycles. The van der Waals surface area contributed by atoms with E-state index in [0.29, 0.717) is 17.4 Å². The average molecular weight is 300 g/mol. The Hall–Kier alpha value is -1.26. The van der Waals surface area contributed by atoms with Crippen molar-refractivity contribution in [2.75, 3.05) is 19.8 Å². The molecule has 1 unspecified atom stereocenters. The minimum Gasteiger partial charge on any atom is -0.480 e. The Morgan fingerprint density at radius 3 is 2.75 bits per heavy atom. The fourth-order valence-corrected chi connectivity index (χ4v) is 1.97. The van der Waals surface area contributed by atoms with Gasteiger partial charge in [-0.2, -0.15) is 0 Å². The molecule has 0 saturated carbocycles. The highest BCUT2D eigenvalue weighted by atomic mass is 35.5. The summed E-state index contributed by atoms with van der Waals surface area (Å²) < 4.78 is 10.1. The number of halogens is 1. The molecule has 1 atom stereocenters. The molecular weight excluding hydrogens is 278 g/mol. The van der Waals surface area contributed by atoms with Crippen LogP contribution >= 0.6 is 11.6 Å². The summed E-state index contributed by atoms with van der Waals surface area (Å²) in [7, 11) is 0. The van der Waals surface area contributed by atoms with Crippen LogP contribution in [0.5, 0.6) is 5.75 Å². The van der Waals surface area contributed by atoms with E-state index in [1.807, 2.05) is 12.1 Å². The third-order valence-electron chi connectivity index (χ3n) is 2.81. The van der Waals surface area contributed by atoms with Crippen molar-refractivity contribution in [2.24, 2.45) is 0 Å². The normalized spacial score (nSPS) is 12.0. The second kappa shape index (κ2) is 8.82. The maximum atomic E-state index is 11.2. The van der Waals surface area contributed by atoms with Gasteiger partial charge in [-0.1, -0.05) is 24.6 Å². The van der Waals surface area contributed by atoms with Gasteiger partial charge in [0.05, 0.1) is 11.6 Å². The molecule has 0 amide bonds. The maximum absolute atomic E-state index is 11.2. The van der Waals surface area contributed by atoms with Crippen molar-refractivity contribution in [3.8, 4) is 5.75 Å². The van der Waals surface area contributed by atoms with Crippen LogP contribution in [0.1, 0.15) is 38.8 Å². The summed E-state index contributed by atoms with van der Waals surface area (Å²) in [5, 5.41) is 3.89. The molecule has 4 nitrogen and oxygen atoms in total. The Kier molecular flexibility index (Phi) is 7.41. The fourth-order valence-electron chi connectivity index (χ4n) is 1.72. The lowest BCUT2D eigenvalue weighted by Crippen LogP contribution is -2.19. The first-order valence-corrected chi connectivity index (χ1v) is 7.27. The fraction of sp³-hybridized carbons (Fsp3) is 0.533. The van der Waals surface area contributed by atoms with Crippen molar-refractivity contribution in [1.82, 2.24) is 5.32 Å². The van der Waals surface area contributed by atoms with Gasteiger partial charge in [0.1, 0.15) is 5.75 Å². The Morgan fingerprint density at radius 2 is 2.15 bits per heavy atom. The molecule has 112 valence electrons. The first-order chi connectivity index (χ1) is 9.58. The molecule has 1 rings (SSSR count). The van der Waals surface area contributed by atoms with Crippen molar-refractivity contribution in [2.45, 2.75) is 33.2 Å². The van der Waals surface area contributed by atoms with Gasteiger partial charge in [0.2, 0.25) is 0 Å². The minimum absolute atomic E-state index is 0.128. The standard InChI is InChI=1S/C15H22ClNO3/c1-4-8-17-11(3)12-6-7-14(13(16)9-12)20-10-15(18)19-5-2/h6-7,9,11,17H,4-5,8,10H2,1-3H3. The highest BCUT2D eigenvalue weighted by molar-refractivity contribution is 6.32. The van der Waals surface area contributed by atoms with E-state index in [2.05, 4.69) is 19.2 Å². The van der Waals surface area contributed by atoms with Crippen LogP contribution in [0.3, 0.4) is 0 Å². The predicted octanol–water partition coefficient (Wildman–Crippen LogP) is 3.34. The number of carbonyl (C=O) groups is 1. The zero-order chi connectivity index (χ0) is 15.0. The topological polar surface area (TPSA) is 47.6 Å². The van der Waals surface area contributed by atoms with E-state index < -0.39 is 5.97 Å². The summed E-state index contributed by atoms with van der Waals surface area (Å²) in [6, 6.07) is 5.81. The van der Waals surface area contributed by atoms with Crippen LogP contribution in [-0.2, 0) is 9.53 Å². The number of rotatable bonds is 8. The van der Waals surface area contributed by atoms with E-state index in [1.165, 1.54) is 0 Å². The Morgan fingerprint density at radius 1 is 1.40 bits per heavy atom. The predicted molar refractivity (Wildman–Crippen MR) is 80.3 cm³/mol. The highest BCUT2D eigenvalue weighted by Crippen LogP contribution is 2.27. The molecule has 0 aromatic heterocycles. The van der Waals surface area contributed by atoms with Crippen LogP contribution in [0, 0.1) is 0 Å². The van der Waals surface area contributed by atoms with Crippen LogP contribution in [0.15, 0.2) is 18.2 Å². The van der Waals surface area contributed by atoms with Crippen molar-refractivity contribution in [3.05, 3.63) is 28.8 Å². The van der Waals surface area contributed by atoms with Crippen molar-refractivity contribution in [3.63, 3.8) is 0 Å². The third-order valence-corrected chi connectivity index (χ3v) is 3.10. The van der Waals surface area contributed by atoms with E-state index in [-0.39, 0.29) is 12.6 Å². The number of carbonyl (C=O) groups excluding carboxylic acids is 1. The van der Waals surface area contributed by atoms with Gasteiger partial charge in [-0.25, -0.2) is 4.79 Å².